The highest BCUT2D eigenvalue weighted by atomic mass is 32.2. The predicted molar refractivity (Wildman–Crippen MR) is 76.8 cm³/mol. The number of hydrogen-bond acceptors (Lipinski definition) is 5. The molecule has 0 saturated heterocycles. The molecule has 0 radical (unpaired) electrons. The van der Waals surface area contributed by atoms with Gasteiger partial charge in [0.25, 0.3) is 0 Å². The van der Waals surface area contributed by atoms with Crippen molar-refractivity contribution in [2.24, 2.45) is 0 Å². The fraction of sp³-hybridized carbons (Fsp3) is 0.583. The molecule has 0 atom stereocenters. The Kier molecular flexibility index (Phi) is 5.81. The predicted octanol–water partition coefficient (Wildman–Crippen LogP) is 2.04. The van der Waals surface area contributed by atoms with Crippen LogP contribution in [0.2, 0.25) is 0 Å². The molecule has 1 heterocycles. The van der Waals surface area contributed by atoms with Gasteiger partial charge in [0.15, 0.2) is 4.34 Å². The summed E-state index contributed by atoms with van der Waals surface area (Å²) in [5, 5.41) is 8.76. The maximum atomic E-state index is 11.8. The van der Waals surface area contributed by atoms with E-state index in [9.17, 15) is 9.59 Å². The summed E-state index contributed by atoms with van der Waals surface area (Å²) in [6, 6.07) is 0.175. The fourth-order valence-corrected chi connectivity index (χ4v) is 3.43. The van der Waals surface area contributed by atoms with Gasteiger partial charge in [0, 0.05) is 18.0 Å². The topological polar surface area (TPSA) is 70.5 Å². The largest absolute Gasteiger partial charge is 0.481 e. The minimum absolute atomic E-state index is 0.0100. The molecule has 0 spiro atoms. The van der Waals surface area contributed by atoms with Crippen molar-refractivity contribution < 1.29 is 14.7 Å². The van der Waals surface area contributed by atoms with Crippen LogP contribution in [0, 0.1) is 6.92 Å². The number of aromatic nitrogens is 1. The monoisotopic (exact) mass is 302 g/mol. The molecular weight excluding hydrogens is 284 g/mol. The zero-order valence-corrected chi connectivity index (χ0v) is 13.1. The van der Waals surface area contributed by atoms with E-state index in [4.69, 9.17) is 5.11 Å². The standard InChI is InChI=1S/C12H18N2O3S2/c1-7(2)14(4)10(15)6-18-12-13-8(3)9(19-12)5-11(16)17/h7H,5-6H2,1-4H3,(H,16,17). The van der Waals surface area contributed by atoms with Gasteiger partial charge in [-0.05, 0) is 20.8 Å². The molecule has 0 saturated carbocycles. The Morgan fingerprint density at radius 3 is 2.63 bits per heavy atom. The van der Waals surface area contributed by atoms with Crippen LogP contribution >= 0.6 is 23.1 Å². The van der Waals surface area contributed by atoms with Crippen molar-refractivity contribution in [3.63, 3.8) is 0 Å². The number of rotatable bonds is 6. The molecule has 0 bridgehead atoms. The molecule has 1 amide bonds. The van der Waals surface area contributed by atoms with E-state index < -0.39 is 5.97 Å². The summed E-state index contributed by atoms with van der Waals surface area (Å²) >= 11 is 2.71. The van der Waals surface area contributed by atoms with Crippen LogP contribution in [0.4, 0.5) is 0 Å². The third-order valence-electron chi connectivity index (χ3n) is 2.67. The second kappa shape index (κ2) is 6.91. The van der Waals surface area contributed by atoms with E-state index in [-0.39, 0.29) is 18.4 Å². The number of carbonyl (C=O) groups is 2. The highest BCUT2D eigenvalue weighted by Gasteiger charge is 2.15. The van der Waals surface area contributed by atoms with Crippen molar-refractivity contribution in [1.82, 2.24) is 9.88 Å². The van der Waals surface area contributed by atoms with E-state index in [1.54, 1.807) is 18.9 Å². The zero-order valence-electron chi connectivity index (χ0n) is 11.5. The molecule has 7 heteroatoms. The van der Waals surface area contributed by atoms with Crippen LogP contribution in [0.25, 0.3) is 0 Å². The highest BCUT2D eigenvalue weighted by Crippen LogP contribution is 2.27. The molecular formula is C12H18N2O3S2. The molecule has 1 aromatic heterocycles. The van der Waals surface area contributed by atoms with Crippen molar-refractivity contribution >= 4 is 35.0 Å². The van der Waals surface area contributed by atoms with Gasteiger partial charge in [-0.15, -0.1) is 11.3 Å². The van der Waals surface area contributed by atoms with E-state index in [1.165, 1.54) is 23.1 Å². The van der Waals surface area contributed by atoms with Gasteiger partial charge in [-0.25, -0.2) is 4.98 Å². The van der Waals surface area contributed by atoms with Crippen LogP contribution in [-0.4, -0.2) is 45.7 Å². The van der Waals surface area contributed by atoms with Crippen LogP contribution < -0.4 is 0 Å². The third kappa shape index (κ3) is 4.83. The Labute approximate surface area is 121 Å². The number of hydrogen-bond donors (Lipinski definition) is 1. The molecule has 19 heavy (non-hydrogen) atoms. The number of carboxylic acids is 1. The molecule has 1 N–H and O–H groups in total. The number of amides is 1. The van der Waals surface area contributed by atoms with Crippen LogP contribution in [-0.2, 0) is 16.0 Å². The van der Waals surface area contributed by atoms with E-state index in [0.717, 1.165) is 14.9 Å². The van der Waals surface area contributed by atoms with Crippen molar-refractivity contribution in [2.75, 3.05) is 12.8 Å². The molecule has 1 rings (SSSR count). The van der Waals surface area contributed by atoms with Gasteiger partial charge >= 0.3 is 5.97 Å². The quantitative estimate of drug-likeness (QED) is 0.814. The number of carbonyl (C=O) groups excluding carboxylic acids is 1. The van der Waals surface area contributed by atoms with Crippen molar-refractivity contribution in [3.8, 4) is 0 Å². The molecule has 1 aromatic rings. The van der Waals surface area contributed by atoms with Crippen LogP contribution in [0.15, 0.2) is 4.34 Å². The summed E-state index contributed by atoms with van der Waals surface area (Å²) in [6.07, 6.45) is -0.0100. The second-order valence-corrected chi connectivity index (χ2v) is 6.75. The van der Waals surface area contributed by atoms with E-state index in [0.29, 0.717) is 5.75 Å². The maximum Gasteiger partial charge on any atom is 0.308 e. The summed E-state index contributed by atoms with van der Waals surface area (Å²) in [5.74, 6) is -0.486. The smallest absolute Gasteiger partial charge is 0.308 e. The van der Waals surface area contributed by atoms with Gasteiger partial charge in [-0.3, -0.25) is 9.59 Å². The average molecular weight is 302 g/mol. The summed E-state index contributed by atoms with van der Waals surface area (Å²) in [6.45, 7) is 5.71. The molecule has 5 nitrogen and oxygen atoms in total. The van der Waals surface area contributed by atoms with Gasteiger partial charge in [-0.2, -0.15) is 0 Å². The van der Waals surface area contributed by atoms with Gasteiger partial charge in [0.05, 0.1) is 17.9 Å². The normalized spacial score (nSPS) is 10.8. The molecule has 0 aromatic carbocycles. The Morgan fingerprint density at radius 1 is 1.47 bits per heavy atom. The van der Waals surface area contributed by atoms with Crippen molar-refractivity contribution in [1.29, 1.82) is 0 Å². The van der Waals surface area contributed by atoms with Crippen LogP contribution in [0.3, 0.4) is 0 Å². The van der Waals surface area contributed by atoms with Crippen LogP contribution in [0.1, 0.15) is 24.4 Å². The lowest BCUT2D eigenvalue weighted by molar-refractivity contribution is -0.136. The van der Waals surface area contributed by atoms with Gasteiger partial charge in [0.2, 0.25) is 5.91 Å². The number of thioether (sulfide) groups is 1. The summed E-state index contributed by atoms with van der Waals surface area (Å²) < 4.78 is 0.749. The Bertz CT molecular complexity index is 472. The third-order valence-corrected chi connectivity index (χ3v) is 4.96. The van der Waals surface area contributed by atoms with Gasteiger partial charge in [-0.1, -0.05) is 11.8 Å². The first-order valence-corrected chi connectivity index (χ1v) is 7.68. The minimum Gasteiger partial charge on any atom is -0.481 e. The number of nitrogens with zero attached hydrogens (tertiary/aromatic N) is 2. The first kappa shape index (κ1) is 16.0. The first-order chi connectivity index (χ1) is 8.81. The van der Waals surface area contributed by atoms with E-state index in [1.807, 2.05) is 13.8 Å². The number of carboxylic acid groups (broad SMARTS) is 1. The van der Waals surface area contributed by atoms with Gasteiger partial charge in [0.1, 0.15) is 0 Å². The number of aliphatic carboxylic acids is 1. The fourth-order valence-electron chi connectivity index (χ4n) is 1.28. The number of aryl methyl sites for hydroxylation is 1. The van der Waals surface area contributed by atoms with Crippen molar-refractivity contribution in [2.45, 2.75) is 37.6 Å². The first-order valence-electron chi connectivity index (χ1n) is 5.87. The summed E-state index contributed by atoms with van der Waals surface area (Å²) in [7, 11) is 1.77. The van der Waals surface area contributed by atoms with Gasteiger partial charge < -0.3 is 10.0 Å². The maximum absolute atomic E-state index is 11.8. The van der Waals surface area contributed by atoms with Crippen LogP contribution in [0.5, 0.6) is 0 Å². The lowest BCUT2D eigenvalue weighted by atomic mass is 10.3. The highest BCUT2D eigenvalue weighted by molar-refractivity contribution is 8.01. The Hall–Kier alpha value is -1.08. The molecule has 0 aliphatic heterocycles. The summed E-state index contributed by atoms with van der Waals surface area (Å²) in [5.41, 5.74) is 0.736. The Balaban J connectivity index is 2.59. The SMILES string of the molecule is Cc1nc(SCC(=O)N(C)C(C)C)sc1CC(=O)O. The Morgan fingerprint density at radius 2 is 2.11 bits per heavy atom. The summed E-state index contributed by atoms with van der Waals surface area (Å²) in [4.78, 5) is 29.2. The number of thiazole rings is 1. The molecule has 0 aliphatic rings. The lowest BCUT2D eigenvalue weighted by Crippen LogP contribution is -2.34. The minimum atomic E-state index is -0.862. The second-order valence-electron chi connectivity index (χ2n) is 4.45. The molecule has 0 unspecified atom stereocenters. The van der Waals surface area contributed by atoms with Crippen molar-refractivity contribution in [3.05, 3.63) is 10.6 Å². The average Bonchev–Trinajstić information content (AvgIpc) is 2.65. The van der Waals surface area contributed by atoms with E-state index >= 15 is 0 Å². The molecule has 0 fully saturated rings. The lowest BCUT2D eigenvalue weighted by Gasteiger charge is -2.20. The zero-order chi connectivity index (χ0) is 14.6. The molecule has 106 valence electrons. The molecule has 0 aliphatic carbocycles. The van der Waals surface area contributed by atoms with E-state index in [2.05, 4.69) is 4.98 Å².